The maximum atomic E-state index is 12.1. The van der Waals surface area contributed by atoms with Gasteiger partial charge in [0.25, 0.3) is 5.91 Å². The predicted octanol–water partition coefficient (Wildman–Crippen LogP) is 3.39. The number of carbonyl (C=O) groups is 2. The van der Waals surface area contributed by atoms with Gasteiger partial charge < -0.3 is 19.6 Å². The Labute approximate surface area is 140 Å². The summed E-state index contributed by atoms with van der Waals surface area (Å²) >= 11 is 0. The molecule has 2 N–H and O–H groups in total. The van der Waals surface area contributed by atoms with Crippen molar-refractivity contribution in [1.29, 1.82) is 0 Å². The number of ether oxygens (including phenoxy) is 1. The molecule has 1 heterocycles. The van der Waals surface area contributed by atoms with Crippen molar-refractivity contribution in [3.8, 4) is 5.75 Å². The van der Waals surface area contributed by atoms with Gasteiger partial charge in [0.2, 0.25) is 5.76 Å². The van der Waals surface area contributed by atoms with Crippen LogP contribution in [0.15, 0.2) is 34.7 Å². The van der Waals surface area contributed by atoms with Crippen LogP contribution in [0.1, 0.15) is 52.5 Å². The van der Waals surface area contributed by atoms with Gasteiger partial charge in [-0.1, -0.05) is 19.1 Å². The molecule has 2 rings (SSSR count). The van der Waals surface area contributed by atoms with E-state index >= 15 is 0 Å². The third-order valence-electron chi connectivity index (χ3n) is 3.61. The van der Waals surface area contributed by atoms with Gasteiger partial charge >= 0.3 is 5.97 Å². The fourth-order valence-corrected chi connectivity index (χ4v) is 2.06. The Bertz CT molecular complexity index is 735. The van der Waals surface area contributed by atoms with Crippen molar-refractivity contribution in [2.45, 2.75) is 39.8 Å². The Morgan fingerprint density at radius 3 is 2.58 bits per heavy atom. The Balaban J connectivity index is 2.07. The van der Waals surface area contributed by atoms with Gasteiger partial charge in [0.15, 0.2) is 5.76 Å². The minimum absolute atomic E-state index is 0.0380. The van der Waals surface area contributed by atoms with Gasteiger partial charge in [-0.25, -0.2) is 4.79 Å². The number of carbonyl (C=O) groups excluding carboxylic acids is 1. The SMILES string of the molecule is CCC(C)Oc1cc(C)ccc1CNC(=O)c1ccc(C(=O)O)o1. The molecule has 0 bridgehead atoms. The molecule has 0 fully saturated rings. The number of rotatable bonds is 7. The highest BCUT2D eigenvalue weighted by atomic mass is 16.5. The maximum absolute atomic E-state index is 12.1. The number of aromatic carboxylic acids is 1. The monoisotopic (exact) mass is 331 g/mol. The number of hydrogen-bond donors (Lipinski definition) is 2. The van der Waals surface area contributed by atoms with Gasteiger partial charge in [-0.05, 0) is 44.0 Å². The normalized spacial score (nSPS) is 11.8. The zero-order valence-electron chi connectivity index (χ0n) is 14.0. The van der Waals surface area contributed by atoms with Crippen LogP contribution in [0.25, 0.3) is 0 Å². The number of hydrogen-bond acceptors (Lipinski definition) is 4. The van der Waals surface area contributed by atoms with Crippen molar-refractivity contribution in [3.05, 3.63) is 53.0 Å². The number of benzene rings is 1. The fraction of sp³-hybridized carbons (Fsp3) is 0.333. The van der Waals surface area contributed by atoms with E-state index < -0.39 is 11.9 Å². The first-order valence-electron chi connectivity index (χ1n) is 7.78. The summed E-state index contributed by atoms with van der Waals surface area (Å²) in [7, 11) is 0. The van der Waals surface area contributed by atoms with Crippen LogP contribution in [-0.2, 0) is 6.54 Å². The summed E-state index contributed by atoms with van der Waals surface area (Å²) < 4.78 is 10.9. The van der Waals surface area contributed by atoms with E-state index in [0.29, 0.717) is 0 Å². The highest BCUT2D eigenvalue weighted by molar-refractivity contribution is 5.93. The van der Waals surface area contributed by atoms with Crippen molar-refractivity contribution in [2.75, 3.05) is 0 Å². The van der Waals surface area contributed by atoms with Crippen LogP contribution in [0.5, 0.6) is 5.75 Å². The third-order valence-corrected chi connectivity index (χ3v) is 3.61. The number of carboxylic acid groups (broad SMARTS) is 1. The quantitative estimate of drug-likeness (QED) is 0.812. The zero-order valence-corrected chi connectivity index (χ0v) is 14.0. The van der Waals surface area contributed by atoms with Crippen molar-refractivity contribution in [1.82, 2.24) is 5.32 Å². The summed E-state index contributed by atoms with van der Waals surface area (Å²) in [4.78, 5) is 22.9. The first kappa shape index (κ1) is 17.6. The molecule has 6 heteroatoms. The molecule has 1 unspecified atom stereocenters. The first-order chi connectivity index (χ1) is 11.4. The molecule has 0 aliphatic heterocycles. The van der Waals surface area contributed by atoms with Gasteiger partial charge in [0.1, 0.15) is 5.75 Å². The fourth-order valence-electron chi connectivity index (χ4n) is 2.06. The molecule has 1 aromatic carbocycles. The molecule has 2 aromatic rings. The summed E-state index contributed by atoms with van der Waals surface area (Å²) in [5, 5.41) is 11.5. The maximum Gasteiger partial charge on any atom is 0.371 e. The second-order valence-corrected chi connectivity index (χ2v) is 5.60. The molecule has 1 atom stereocenters. The lowest BCUT2D eigenvalue weighted by atomic mass is 10.1. The average Bonchev–Trinajstić information content (AvgIpc) is 3.04. The first-order valence-corrected chi connectivity index (χ1v) is 7.78. The van der Waals surface area contributed by atoms with E-state index in [2.05, 4.69) is 5.32 Å². The number of nitrogens with one attached hydrogen (secondary N) is 1. The summed E-state index contributed by atoms with van der Waals surface area (Å²) in [5.41, 5.74) is 1.92. The van der Waals surface area contributed by atoms with Crippen LogP contribution in [0.4, 0.5) is 0 Å². The average molecular weight is 331 g/mol. The molecule has 24 heavy (non-hydrogen) atoms. The van der Waals surface area contributed by atoms with Crippen molar-refractivity contribution in [3.63, 3.8) is 0 Å². The van der Waals surface area contributed by atoms with Gasteiger partial charge in [-0.2, -0.15) is 0 Å². The van der Waals surface area contributed by atoms with Gasteiger partial charge in [-0.3, -0.25) is 4.79 Å². The van der Waals surface area contributed by atoms with E-state index in [9.17, 15) is 9.59 Å². The summed E-state index contributed by atoms with van der Waals surface area (Å²) in [6.07, 6.45) is 0.953. The molecule has 0 aliphatic rings. The molecule has 0 aliphatic carbocycles. The largest absolute Gasteiger partial charge is 0.490 e. The number of amides is 1. The number of aryl methyl sites for hydroxylation is 1. The van der Waals surface area contributed by atoms with E-state index in [1.165, 1.54) is 12.1 Å². The van der Waals surface area contributed by atoms with Gasteiger partial charge in [0, 0.05) is 12.1 Å². The number of furan rings is 1. The van der Waals surface area contributed by atoms with Crippen LogP contribution < -0.4 is 10.1 Å². The molecular formula is C18H21NO5. The lowest BCUT2D eigenvalue weighted by Gasteiger charge is -2.17. The molecule has 1 amide bonds. The molecule has 0 saturated heterocycles. The Kier molecular flexibility index (Phi) is 5.63. The highest BCUT2D eigenvalue weighted by Gasteiger charge is 2.15. The topological polar surface area (TPSA) is 88.8 Å². The number of carboxylic acids is 1. The lowest BCUT2D eigenvalue weighted by molar-refractivity contribution is 0.0659. The Morgan fingerprint density at radius 2 is 1.96 bits per heavy atom. The van der Waals surface area contributed by atoms with Crippen LogP contribution in [0.3, 0.4) is 0 Å². The van der Waals surface area contributed by atoms with Gasteiger partial charge in [0.05, 0.1) is 6.10 Å². The minimum Gasteiger partial charge on any atom is -0.490 e. The predicted molar refractivity (Wildman–Crippen MR) is 88.4 cm³/mol. The molecule has 1 aromatic heterocycles. The van der Waals surface area contributed by atoms with Crippen molar-refractivity contribution in [2.24, 2.45) is 0 Å². The van der Waals surface area contributed by atoms with Crippen molar-refractivity contribution >= 4 is 11.9 Å². The zero-order chi connectivity index (χ0) is 17.7. The van der Waals surface area contributed by atoms with Crippen molar-refractivity contribution < 1.29 is 23.8 Å². The minimum atomic E-state index is -1.21. The van der Waals surface area contributed by atoms with Crippen LogP contribution in [0.2, 0.25) is 0 Å². The summed E-state index contributed by atoms with van der Waals surface area (Å²) in [6, 6.07) is 8.37. The van der Waals surface area contributed by atoms with E-state index in [-0.39, 0.29) is 24.2 Å². The lowest BCUT2D eigenvalue weighted by Crippen LogP contribution is -2.23. The molecular weight excluding hydrogens is 310 g/mol. The molecule has 0 spiro atoms. The van der Waals surface area contributed by atoms with E-state index in [0.717, 1.165) is 23.3 Å². The standard InChI is InChI=1S/C18H21NO5/c1-4-12(3)23-16-9-11(2)5-6-13(16)10-19-17(20)14-7-8-15(24-14)18(21)22/h5-9,12H,4,10H2,1-3H3,(H,19,20)(H,21,22). The molecule has 128 valence electrons. The second kappa shape index (κ2) is 7.68. The summed E-state index contributed by atoms with van der Waals surface area (Å²) in [5.74, 6) is -1.26. The Morgan fingerprint density at radius 1 is 1.25 bits per heavy atom. The Hall–Kier alpha value is -2.76. The van der Waals surface area contributed by atoms with Crippen LogP contribution in [-0.4, -0.2) is 23.1 Å². The van der Waals surface area contributed by atoms with Crippen LogP contribution in [0, 0.1) is 6.92 Å². The summed E-state index contributed by atoms with van der Waals surface area (Å²) in [6.45, 7) is 6.26. The smallest absolute Gasteiger partial charge is 0.371 e. The third kappa shape index (κ3) is 4.38. The van der Waals surface area contributed by atoms with Crippen LogP contribution >= 0.6 is 0 Å². The van der Waals surface area contributed by atoms with E-state index in [1.54, 1.807) is 0 Å². The molecule has 6 nitrogen and oxygen atoms in total. The van der Waals surface area contributed by atoms with Gasteiger partial charge in [-0.15, -0.1) is 0 Å². The molecule has 0 radical (unpaired) electrons. The van der Waals surface area contributed by atoms with E-state index in [4.69, 9.17) is 14.3 Å². The van der Waals surface area contributed by atoms with E-state index in [1.807, 2.05) is 39.0 Å². The second-order valence-electron chi connectivity index (χ2n) is 5.60. The molecule has 0 saturated carbocycles. The highest BCUT2D eigenvalue weighted by Crippen LogP contribution is 2.22.